The molecule has 2 aromatic rings. The molecule has 2 aliphatic heterocycles. The van der Waals surface area contributed by atoms with E-state index in [1.165, 1.54) is 25.3 Å². The largest absolute Gasteiger partial charge is 0.504 e. The zero-order chi connectivity index (χ0) is 32.0. The van der Waals surface area contributed by atoms with Crippen LogP contribution in [0.5, 0.6) is 11.5 Å². The number of hydrogen-bond donors (Lipinski definition) is 7. The number of thioether (sulfide) groups is 1. The van der Waals surface area contributed by atoms with Crippen molar-refractivity contribution in [2.45, 2.75) is 36.9 Å². The zero-order valence-corrected chi connectivity index (χ0v) is 25.3. The summed E-state index contributed by atoms with van der Waals surface area (Å²) in [5.41, 5.74) is 8.72. The Morgan fingerprint density at radius 3 is 2.49 bits per heavy atom. The fourth-order valence-electron chi connectivity index (χ4n) is 3.96. The Morgan fingerprint density at radius 1 is 1.26 bits per heavy atom. The van der Waals surface area contributed by atoms with E-state index < -0.39 is 75.5 Å². The van der Waals surface area contributed by atoms with Crippen molar-refractivity contribution in [3.63, 3.8) is 0 Å². The van der Waals surface area contributed by atoms with Crippen molar-refractivity contribution in [1.82, 2.24) is 15.2 Å². The number of β-lactam (4-membered cyclic amide) rings is 1. The molecule has 0 saturated carbocycles. The van der Waals surface area contributed by atoms with E-state index in [4.69, 9.17) is 16.3 Å². The Hall–Kier alpha value is -4.20. The third kappa shape index (κ3) is 6.01. The first-order chi connectivity index (χ1) is 20.0. The quantitative estimate of drug-likeness (QED) is 0.0583. The van der Waals surface area contributed by atoms with E-state index in [1.54, 1.807) is 0 Å². The molecule has 2 amide bonds. The van der Waals surface area contributed by atoms with Crippen molar-refractivity contribution >= 4 is 79.4 Å². The van der Waals surface area contributed by atoms with Crippen LogP contribution in [0, 0.1) is 0 Å². The van der Waals surface area contributed by atoms with Gasteiger partial charge >= 0.3 is 11.9 Å². The molecular weight excluding hydrogens is 676 g/mol. The van der Waals surface area contributed by atoms with Crippen LogP contribution in [0.25, 0.3) is 0 Å². The number of nitrogen functional groups attached to an aromatic ring is 1. The molecule has 0 bridgehead atoms. The number of phenols is 2. The van der Waals surface area contributed by atoms with Crippen molar-refractivity contribution in [2.24, 2.45) is 10.9 Å². The summed E-state index contributed by atoms with van der Waals surface area (Å²) >= 11 is 5.01. The van der Waals surface area contributed by atoms with E-state index in [0.29, 0.717) is 0 Å². The van der Waals surface area contributed by atoms with Crippen molar-refractivity contribution in [3.05, 3.63) is 44.5 Å². The van der Waals surface area contributed by atoms with Gasteiger partial charge in [-0.05, 0) is 47.5 Å². The molecule has 1 fully saturated rings. The normalized spacial score (nSPS) is 19.3. The molecule has 2 unspecified atom stereocenters. The number of carboxylic acids is 2. The van der Waals surface area contributed by atoms with E-state index >= 15 is 0 Å². The number of anilines is 1. The summed E-state index contributed by atoms with van der Waals surface area (Å²) in [7, 11) is 0. The standard InChI is InChI=1S/C24H23BrN6O10S2/c1-24(2,22(39)40)41-30-13(10-6-43-23(27)28-10)18(35)29-14-19(36)31-15(21(37)38)8(5-42-20(14)31)12(26)16(33)7-3-9(25)17(34)11(32)4-7/h3-4,6,12,14,20,32,34H,5,26H2,1-2H3,(H2,27,28)(H,29,35)(H,37,38)(H,39,40)/b30-13-/t12?,14?,20-/m1/s1. The molecule has 1 aromatic carbocycles. The summed E-state index contributed by atoms with van der Waals surface area (Å²) in [4.78, 5) is 73.1. The summed E-state index contributed by atoms with van der Waals surface area (Å²) in [5, 5.41) is 45.6. The van der Waals surface area contributed by atoms with Gasteiger partial charge in [0.15, 0.2) is 28.1 Å². The molecule has 19 heteroatoms. The molecule has 0 aliphatic carbocycles. The smallest absolute Gasteiger partial charge is 0.352 e. The second kappa shape index (κ2) is 11.8. The number of hydrogen-bond acceptors (Lipinski definition) is 14. The molecule has 43 heavy (non-hydrogen) atoms. The Labute approximate surface area is 258 Å². The molecular formula is C24H23BrN6O10S2. The number of nitrogens with zero attached hydrogens (tertiary/aromatic N) is 3. The van der Waals surface area contributed by atoms with E-state index in [9.17, 15) is 44.4 Å². The molecule has 1 aromatic heterocycles. The number of oxime groups is 1. The predicted octanol–water partition coefficient (Wildman–Crippen LogP) is 0.432. The summed E-state index contributed by atoms with van der Waals surface area (Å²) in [6.45, 7) is 2.40. The van der Waals surface area contributed by atoms with Crippen LogP contribution in [-0.2, 0) is 24.0 Å². The van der Waals surface area contributed by atoms with Crippen LogP contribution >= 0.6 is 39.0 Å². The first-order valence-electron chi connectivity index (χ1n) is 12.0. The number of aromatic nitrogens is 1. The molecule has 3 atom stereocenters. The molecule has 9 N–H and O–H groups in total. The Morgan fingerprint density at radius 2 is 1.93 bits per heavy atom. The van der Waals surface area contributed by atoms with Gasteiger partial charge in [-0.3, -0.25) is 19.3 Å². The number of thiazole rings is 1. The molecule has 0 spiro atoms. The molecule has 3 heterocycles. The number of fused-ring (bicyclic) bond motifs is 1. The Kier molecular flexibility index (Phi) is 8.72. The number of aliphatic carboxylic acids is 2. The van der Waals surface area contributed by atoms with Crippen LogP contribution in [0.3, 0.4) is 0 Å². The molecule has 0 radical (unpaired) electrons. The number of halogens is 1. The minimum Gasteiger partial charge on any atom is -0.504 e. The number of carbonyl (C=O) groups is 5. The van der Waals surface area contributed by atoms with Gasteiger partial charge in [0.1, 0.15) is 22.8 Å². The minimum absolute atomic E-state index is 0.00486. The van der Waals surface area contributed by atoms with Crippen LogP contribution in [0.4, 0.5) is 5.13 Å². The van der Waals surface area contributed by atoms with Crippen LogP contribution in [0.2, 0.25) is 0 Å². The SMILES string of the molecule is CC(C)(O/N=C(\C(=O)NC1C(=O)N2C(C(=O)O)=C(C(N)C(=O)c3cc(O)c(O)c(Br)c3)CS[C@H]12)c1csc(N)n1)C(=O)O. The molecule has 2 aliphatic rings. The number of nitrogens with two attached hydrogens (primary N) is 2. The van der Waals surface area contributed by atoms with Gasteiger partial charge < -0.3 is 42.0 Å². The first kappa shape index (κ1) is 31.7. The van der Waals surface area contributed by atoms with E-state index in [-0.39, 0.29) is 32.2 Å². The van der Waals surface area contributed by atoms with Gasteiger partial charge in [0.25, 0.3) is 11.8 Å². The summed E-state index contributed by atoms with van der Waals surface area (Å²) in [6.07, 6.45) is 0. The van der Waals surface area contributed by atoms with Crippen LogP contribution in [0.1, 0.15) is 29.9 Å². The molecule has 228 valence electrons. The predicted molar refractivity (Wildman–Crippen MR) is 155 cm³/mol. The van der Waals surface area contributed by atoms with Gasteiger partial charge in [0.05, 0.1) is 10.5 Å². The van der Waals surface area contributed by atoms with Crippen molar-refractivity contribution in [3.8, 4) is 11.5 Å². The van der Waals surface area contributed by atoms with Crippen LogP contribution in [-0.4, -0.2) is 94.4 Å². The summed E-state index contributed by atoms with van der Waals surface area (Å²) in [6, 6.07) is -0.591. The van der Waals surface area contributed by atoms with E-state index in [0.717, 1.165) is 34.1 Å². The fourth-order valence-corrected chi connectivity index (χ4v) is 6.35. The lowest BCUT2D eigenvalue weighted by Gasteiger charge is -2.49. The zero-order valence-electron chi connectivity index (χ0n) is 22.1. The average molecular weight is 700 g/mol. The van der Waals surface area contributed by atoms with Gasteiger partial charge in [-0.2, -0.15) is 0 Å². The lowest BCUT2D eigenvalue weighted by Crippen LogP contribution is -2.71. The fraction of sp³-hybridized carbons (Fsp3) is 0.292. The Bertz CT molecular complexity index is 1600. The second-order valence-corrected chi connectivity index (χ2v) is 12.5. The third-order valence-corrected chi connectivity index (χ3v) is 8.91. The van der Waals surface area contributed by atoms with Crippen LogP contribution < -0.4 is 16.8 Å². The number of carboxylic acid groups (broad SMARTS) is 2. The highest BCUT2D eigenvalue weighted by molar-refractivity contribution is 9.10. The number of aromatic hydroxyl groups is 2. The minimum atomic E-state index is -1.82. The number of ketones is 1. The number of amides is 2. The molecule has 1 saturated heterocycles. The summed E-state index contributed by atoms with van der Waals surface area (Å²) < 4.78 is 0.00486. The maximum Gasteiger partial charge on any atom is 0.352 e. The van der Waals surface area contributed by atoms with Gasteiger partial charge in [-0.25, -0.2) is 14.6 Å². The third-order valence-electron chi connectivity index (χ3n) is 6.33. The Balaban J connectivity index is 1.59. The second-order valence-electron chi connectivity index (χ2n) is 9.63. The van der Waals surface area contributed by atoms with Crippen LogP contribution in [0.15, 0.2) is 38.4 Å². The maximum atomic E-state index is 13.2. The number of nitrogens with one attached hydrogen (secondary N) is 1. The topological polar surface area (TPSA) is 268 Å². The lowest BCUT2D eigenvalue weighted by molar-refractivity contribution is -0.161. The van der Waals surface area contributed by atoms with Crippen molar-refractivity contribution in [1.29, 1.82) is 0 Å². The highest BCUT2D eigenvalue weighted by Gasteiger charge is 2.55. The highest BCUT2D eigenvalue weighted by Crippen LogP contribution is 2.42. The van der Waals surface area contributed by atoms with Gasteiger partial charge in [-0.1, -0.05) is 5.16 Å². The van der Waals surface area contributed by atoms with E-state index in [2.05, 4.69) is 31.4 Å². The summed E-state index contributed by atoms with van der Waals surface area (Å²) in [5.74, 6) is -6.71. The monoisotopic (exact) mass is 698 g/mol. The van der Waals surface area contributed by atoms with Crippen molar-refractivity contribution in [2.75, 3.05) is 11.5 Å². The lowest BCUT2D eigenvalue weighted by atomic mass is 9.94. The average Bonchev–Trinajstić information content (AvgIpc) is 3.37. The number of rotatable bonds is 10. The van der Waals surface area contributed by atoms with Gasteiger partial charge in [0, 0.05) is 16.7 Å². The highest BCUT2D eigenvalue weighted by atomic mass is 79.9. The van der Waals surface area contributed by atoms with Gasteiger partial charge in [0.2, 0.25) is 5.60 Å². The number of phenolic OH excluding ortho intramolecular Hbond substituents is 2. The van der Waals surface area contributed by atoms with E-state index in [1.807, 2.05) is 0 Å². The number of benzene rings is 1. The molecule has 4 rings (SSSR count). The van der Waals surface area contributed by atoms with Crippen molar-refractivity contribution < 1.29 is 49.2 Å². The number of Topliss-reactive ketones (excluding diaryl/α,β-unsaturated/α-hetero) is 1. The van der Waals surface area contributed by atoms with Gasteiger partial charge in [-0.15, -0.1) is 23.1 Å². The maximum absolute atomic E-state index is 13.2. The molecule has 16 nitrogen and oxygen atoms in total. The number of carbonyl (C=O) groups excluding carboxylic acids is 3. The first-order valence-corrected chi connectivity index (χ1v) is 14.7.